The van der Waals surface area contributed by atoms with Crippen LogP contribution in [0.3, 0.4) is 0 Å². The number of rotatable bonds is 34. The Kier molecular flexibility index (Phi) is 36.2. The van der Waals surface area contributed by atoms with Crippen molar-refractivity contribution in [1.29, 1.82) is 0 Å². The fraction of sp³-hybridized carbons (Fsp3) is 0.733. The molecule has 9 N–H and O–H groups in total. The Labute approximate surface area is 604 Å². The highest BCUT2D eigenvalue weighted by molar-refractivity contribution is 8.07. The van der Waals surface area contributed by atoms with Crippen molar-refractivity contribution in [2.45, 2.75) is 179 Å². The topological polar surface area (TPSA) is 502 Å². The summed E-state index contributed by atoms with van der Waals surface area (Å²) in [6.45, 7) is 12.8. The van der Waals surface area contributed by atoms with E-state index >= 15 is 0 Å². The summed E-state index contributed by atoms with van der Waals surface area (Å²) in [4.78, 5) is 114. The molecule has 7 unspecified atom stereocenters. The Morgan fingerprint density at radius 2 is 0.712 bits per heavy atom. The summed E-state index contributed by atoms with van der Waals surface area (Å²) in [6, 6.07) is 0. The van der Waals surface area contributed by atoms with Crippen LogP contribution in [0.2, 0.25) is 0 Å². The lowest BCUT2D eigenvalue weighted by Gasteiger charge is -2.27. The van der Waals surface area contributed by atoms with Gasteiger partial charge in [0.15, 0.2) is 24.9 Å². The quantitative estimate of drug-likeness (QED) is 0.0259. The number of nitrogens with one attached hydrogen (secondary N) is 2. The SMILES string of the molecule is CC[C@H]1O[C@@H](n2cc(C)c(=O)[nH]c2=O)[C@@H](OCCOC)C1OC.CC[C@H]1O[C@@H](n2cc(C)c(=O)[nH]c2=O)[C@@H](OCCOC)C1OP(=O)(O)OC.CC[C@H]1O[C@@H](n2cc(C)c(N)nc2=O)[C@@H](OCCOC)C1OP(=O)(O)OC.CC[C@H]1O[C@@H](n2cc(C)c(N)nc2=O)[C@@H](OCCOC)C1OP(O)(=S)OC. The van der Waals surface area contributed by atoms with E-state index in [-0.39, 0.29) is 56.9 Å². The van der Waals surface area contributed by atoms with Crippen molar-refractivity contribution in [3.63, 3.8) is 0 Å². The minimum Gasteiger partial charge on any atom is -0.383 e. The van der Waals surface area contributed by atoms with Gasteiger partial charge >= 0.3 is 45.1 Å². The molecule has 4 aliphatic heterocycles. The molecule has 0 saturated carbocycles. The number of phosphoric acid groups is 2. The molecule has 0 bridgehead atoms. The third-order valence-corrected chi connectivity index (χ3v) is 20.2. The smallest absolute Gasteiger partial charge is 0.383 e. The number of nitrogens with two attached hydrogens (primary N) is 2. The van der Waals surface area contributed by atoms with Gasteiger partial charge in [0.1, 0.15) is 60.5 Å². The van der Waals surface area contributed by atoms with Gasteiger partial charge in [-0.25, -0.2) is 28.3 Å². The molecule has 0 aliphatic carbocycles. The predicted molar refractivity (Wildman–Crippen MR) is 373 cm³/mol. The molecule has 592 valence electrons. The van der Waals surface area contributed by atoms with Crippen LogP contribution in [0.5, 0.6) is 0 Å². The molecule has 40 nitrogen and oxygen atoms in total. The van der Waals surface area contributed by atoms with Crippen LogP contribution in [0.25, 0.3) is 0 Å². The molecule has 19 atom stereocenters. The molecule has 0 amide bonds. The zero-order valence-corrected chi connectivity index (χ0v) is 64.5. The predicted octanol–water partition coefficient (Wildman–Crippen LogP) is 1.84. The van der Waals surface area contributed by atoms with Crippen LogP contribution < -0.4 is 45.3 Å². The Morgan fingerprint density at radius 1 is 0.433 bits per heavy atom. The van der Waals surface area contributed by atoms with Crippen LogP contribution >= 0.6 is 22.4 Å². The maximum atomic E-state index is 12.4. The lowest BCUT2D eigenvalue weighted by atomic mass is 10.1. The molecule has 4 aromatic heterocycles. The molecule has 4 saturated heterocycles. The minimum absolute atomic E-state index is 0.116. The van der Waals surface area contributed by atoms with E-state index in [4.69, 9.17) is 103 Å². The maximum Gasteiger partial charge on any atom is 0.472 e. The van der Waals surface area contributed by atoms with Crippen molar-refractivity contribution in [1.82, 2.24) is 38.2 Å². The molecule has 8 rings (SSSR count). The summed E-state index contributed by atoms with van der Waals surface area (Å²) < 4.78 is 132. The lowest BCUT2D eigenvalue weighted by molar-refractivity contribution is -0.0839. The Hall–Kier alpha value is -5.05. The second-order valence-electron chi connectivity index (χ2n) is 23.5. The second kappa shape index (κ2) is 42.1. The third kappa shape index (κ3) is 24.0. The number of aromatic amines is 2. The minimum atomic E-state index is -4.33. The van der Waals surface area contributed by atoms with Crippen LogP contribution in [-0.4, -0.2) is 236 Å². The van der Waals surface area contributed by atoms with E-state index in [9.17, 15) is 52.6 Å². The Morgan fingerprint density at radius 3 is 0.990 bits per heavy atom. The number of aryl methyl sites for hydroxylation is 4. The summed E-state index contributed by atoms with van der Waals surface area (Å²) in [5, 5.41) is 0. The largest absolute Gasteiger partial charge is 0.472 e. The van der Waals surface area contributed by atoms with Gasteiger partial charge < -0.3 is 92.3 Å². The number of methoxy groups -OCH3 is 5. The first-order valence-electron chi connectivity index (χ1n) is 32.9. The van der Waals surface area contributed by atoms with E-state index < -0.39 is 142 Å². The zero-order valence-electron chi connectivity index (χ0n) is 61.0. The first-order valence-corrected chi connectivity index (χ1v) is 38.4. The summed E-state index contributed by atoms with van der Waals surface area (Å²) in [7, 11) is 2.47. The van der Waals surface area contributed by atoms with Crippen molar-refractivity contribution >= 4 is 45.8 Å². The van der Waals surface area contributed by atoms with Gasteiger partial charge in [-0.2, -0.15) is 9.97 Å². The Bertz CT molecular complexity index is 3760. The average Bonchev–Trinajstić information content (AvgIpc) is 1.64. The number of nitrogens with zero attached hydrogens (tertiary/aromatic N) is 6. The van der Waals surface area contributed by atoms with E-state index in [1.54, 1.807) is 62.1 Å². The van der Waals surface area contributed by atoms with Crippen molar-refractivity contribution < 1.29 is 113 Å². The monoisotopic (exact) mass is 1570 g/mol. The van der Waals surface area contributed by atoms with Gasteiger partial charge in [-0.05, 0) is 65.2 Å². The molecule has 4 fully saturated rings. The Balaban J connectivity index is 0.000000250. The maximum absolute atomic E-state index is 12.4. The van der Waals surface area contributed by atoms with E-state index in [1.165, 1.54) is 58.2 Å². The summed E-state index contributed by atoms with van der Waals surface area (Å²) in [5.41, 5.74) is 9.98. The molecule has 8 heterocycles. The summed E-state index contributed by atoms with van der Waals surface area (Å²) in [6.07, 6.45) is -3.24. The van der Waals surface area contributed by atoms with Crippen LogP contribution in [0.1, 0.15) is 101 Å². The van der Waals surface area contributed by atoms with E-state index in [0.29, 0.717) is 61.3 Å². The van der Waals surface area contributed by atoms with Gasteiger partial charge in [-0.15, -0.1) is 0 Å². The number of phosphoric ester groups is 2. The summed E-state index contributed by atoms with van der Waals surface area (Å²) in [5.74, 6) is 0.265. The van der Waals surface area contributed by atoms with Gasteiger partial charge in [0.2, 0.25) is 0 Å². The van der Waals surface area contributed by atoms with Crippen molar-refractivity contribution in [2.24, 2.45) is 0 Å². The molecule has 4 aromatic rings. The van der Waals surface area contributed by atoms with E-state index in [2.05, 4.69) is 29.0 Å². The zero-order chi connectivity index (χ0) is 77.6. The van der Waals surface area contributed by atoms with Crippen molar-refractivity contribution in [3.8, 4) is 0 Å². The highest BCUT2D eigenvalue weighted by atomic mass is 32.5. The molecular weight excluding hydrogens is 1470 g/mol. The van der Waals surface area contributed by atoms with Crippen LogP contribution in [0.4, 0.5) is 11.6 Å². The van der Waals surface area contributed by atoms with Crippen LogP contribution in [0, 0.1) is 27.7 Å². The van der Waals surface area contributed by atoms with Gasteiger partial charge in [0.25, 0.3) is 11.1 Å². The molecule has 0 radical (unpaired) electrons. The van der Waals surface area contributed by atoms with Gasteiger partial charge in [-0.3, -0.25) is 60.4 Å². The second-order valence-corrected chi connectivity index (χ2v) is 29.4. The fourth-order valence-corrected chi connectivity index (χ4v) is 13.4. The fourth-order valence-electron chi connectivity index (χ4n) is 11.2. The van der Waals surface area contributed by atoms with E-state index in [1.807, 2.05) is 20.8 Å². The lowest BCUT2D eigenvalue weighted by Crippen LogP contribution is -2.41. The molecule has 44 heteroatoms. The number of aromatic nitrogens is 8. The normalized spacial score (nSPS) is 27.6. The average molecular weight is 1570 g/mol. The van der Waals surface area contributed by atoms with E-state index in [0.717, 1.165) is 20.6 Å². The number of anilines is 2. The summed E-state index contributed by atoms with van der Waals surface area (Å²) >= 11 is 4.98. The molecular formula is C60H101N10O30P3S. The van der Waals surface area contributed by atoms with Gasteiger partial charge in [-0.1, -0.05) is 27.7 Å². The molecule has 4 aliphatic rings. The van der Waals surface area contributed by atoms with Gasteiger partial charge in [0.05, 0.1) is 77.3 Å². The van der Waals surface area contributed by atoms with Gasteiger partial charge in [0, 0.05) is 104 Å². The first kappa shape index (κ1) is 89.6. The standard InChI is InChI=1S/C15H26N3O8P.C15H26N3O7PS.C15H25N2O9P.C15H24N2O6/c1-5-10-11(26-27(20,21)23-4)12(24-7-6-22-3)14(25-10)18-8-9(2)13(16)17-15(18)19;1-5-10-11(25-26(20,27)22-4)12(23-7-6-21-3)14(24-10)18-8-9(2)13(16)17-15(18)19;1-5-10-11(26-27(20,21)23-4)12(24-7-6-22-3)14(25-10)17-8-9(2)13(18)16-15(17)19;1-5-10-11(21-4)12(22-7-6-20-3)14(23-10)17-8-9(2)13(18)16-15(17)19/h8,10-12,14H,5-7H2,1-4H3,(H,20,21)(H2,16,17,19);8,10-12,14H,5-7H2,1-4H3,(H,20,27)(H2,16,17,19);8,10-12,14H,5-7H2,1-4H3,(H,20,21)(H,16,18,19);8,10-12,14H,5-7H2,1-4H3,(H,16,18,19)/t10-,11?,12+,14-;10-,11?,12+,14-,26?;2*10-,11?,12+,14-/m1111/s1. The first-order chi connectivity index (χ1) is 49.2. The highest BCUT2D eigenvalue weighted by Crippen LogP contribution is 2.51. The van der Waals surface area contributed by atoms with Crippen molar-refractivity contribution in [2.75, 3.05) is 121 Å². The molecule has 0 spiro atoms. The van der Waals surface area contributed by atoms with Crippen molar-refractivity contribution in [3.05, 3.63) is 110 Å². The van der Waals surface area contributed by atoms with Crippen LogP contribution in [0.15, 0.2) is 53.6 Å². The number of hydrogen-bond acceptors (Lipinski definition) is 32. The highest BCUT2D eigenvalue weighted by Gasteiger charge is 2.53. The molecule has 0 aromatic carbocycles. The number of nitrogen functional groups attached to an aromatic ring is 2. The molecule has 104 heavy (non-hydrogen) atoms. The number of hydrogen-bond donors (Lipinski definition) is 7. The van der Waals surface area contributed by atoms with Crippen LogP contribution in [-0.2, 0) is 110 Å². The third-order valence-electron chi connectivity index (χ3n) is 16.6. The number of ether oxygens (including phenoxy) is 13. The number of H-pyrrole nitrogens is 2.